The van der Waals surface area contributed by atoms with Gasteiger partial charge < -0.3 is 4.74 Å². The summed E-state index contributed by atoms with van der Waals surface area (Å²) >= 11 is 0. The molecule has 0 radical (unpaired) electrons. The van der Waals surface area contributed by atoms with Crippen LogP contribution in [0, 0.1) is 0 Å². The van der Waals surface area contributed by atoms with E-state index in [1.807, 2.05) is 67.6 Å². The van der Waals surface area contributed by atoms with Gasteiger partial charge in [0.05, 0.1) is 6.61 Å². The molecule has 0 aliphatic rings. The van der Waals surface area contributed by atoms with E-state index in [4.69, 9.17) is 4.74 Å². The van der Waals surface area contributed by atoms with Gasteiger partial charge in [-0.3, -0.25) is 4.79 Å². The van der Waals surface area contributed by atoms with Crippen molar-refractivity contribution < 1.29 is 9.53 Å². The summed E-state index contributed by atoms with van der Waals surface area (Å²) in [4.78, 5) is 11.6. The topological polar surface area (TPSA) is 26.3 Å². The zero-order valence-corrected chi connectivity index (χ0v) is 15.8. The van der Waals surface area contributed by atoms with E-state index in [-0.39, 0.29) is 5.78 Å². The van der Waals surface area contributed by atoms with Crippen LogP contribution in [0.1, 0.15) is 30.5 Å². The van der Waals surface area contributed by atoms with Crippen LogP contribution in [0.3, 0.4) is 0 Å². The fourth-order valence-corrected chi connectivity index (χ4v) is 3.20. The van der Waals surface area contributed by atoms with E-state index >= 15 is 0 Å². The van der Waals surface area contributed by atoms with E-state index in [1.54, 1.807) is 6.92 Å². The van der Waals surface area contributed by atoms with Gasteiger partial charge in [0.1, 0.15) is 5.60 Å². The first-order chi connectivity index (χ1) is 13.1. The highest BCUT2D eigenvalue weighted by Crippen LogP contribution is 2.40. The Morgan fingerprint density at radius 3 is 1.44 bits per heavy atom. The molecule has 3 rings (SSSR count). The molecule has 2 nitrogen and oxygen atoms in total. The molecule has 0 saturated heterocycles. The lowest BCUT2D eigenvalue weighted by Gasteiger charge is -2.35. The minimum atomic E-state index is -0.753. The number of hydrogen-bond donors (Lipinski definition) is 0. The first-order valence-corrected chi connectivity index (χ1v) is 9.13. The fourth-order valence-electron chi connectivity index (χ4n) is 3.20. The predicted octanol–water partition coefficient (Wildman–Crippen LogP) is 5.53. The van der Waals surface area contributed by atoms with Crippen LogP contribution in [-0.2, 0) is 15.1 Å². The normalized spacial score (nSPS) is 12.0. The molecule has 0 amide bonds. The van der Waals surface area contributed by atoms with Gasteiger partial charge >= 0.3 is 0 Å². The lowest BCUT2D eigenvalue weighted by atomic mass is 9.80. The second-order valence-electron chi connectivity index (χ2n) is 6.53. The highest BCUT2D eigenvalue weighted by molar-refractivity contribution is 5.92. The zero-order valence-electron chi connectivity index (χ0n) is 15.8. The molecule has 0 aliphatic heterocycles. The minimum absolute atomic E-state index is 0.0586. The summed E-state index contributed by atoms with van der Waals surface area (Å²) in [6.07, 6.45) is 1.85. The summed E-state index contributed by atoms with van der Waals surface area (Å²) in [5, 5.41) is 0. The van der Waals surface area contributed by atoms with Crippen molar-refractivity contribution >= 4 is 5.78 Å². The van der Waals surface area contributed by atoms with E-state index in [0.29, 0.717) is 12.2 Å². The second kappa shape index (κ2) is 8.61. The van der Waals surface area contributed by atoms with Gasteiger partial charge in [-0.15, -0.1) is 0 Å². The third kappa shape index (κ3) is 4.07. The van der Waals surface area contributed by atoms with Gasteiger partial charge in [-0.1, -0.05) is 97.1 Å². The fraction of sp³-hybridized carbons (Fsp3) is 0.160. The molecular weight excluding hydrogens is 332 g/mol. The van der Waals surface area contributed by atoms with Crippen LogP contribution in [0.4, 0.5) is 0 Å². The second-order valence-corrected chi connectivity index (χ2v) is 6.53. The monoisotopic (exact) mass is 356 g/mol. The van der Waals surface area contributed by atoms with Gasteiger partial charge in [-0.25, -0.2) is 0 Å². The largest absolute Gasteiger partial charge is 0.357 e. The number of benzene rings is 3. The van der Waals surface area contributed by atoms with Gasteiger partial charge in [0, 0.05) is 0 Å². The van der Waals surface area contributed by atoms with E-state index < -0.39 is 5.60 Å². The number of allylic oxidation sites excluding steroid dienone is 1. The van der Waals surface area contributed by atoms with E-state index in [0.717, 1.165) is 16.7 Å². The Bertz CT molecular complexity index is 800. The Hall–Kier alpha value is -2.97. The van der Waals surface area contributed by atoms with Gasteiger partial charge in [-0.2, -0.15) is 0 Å². The smallest absolute Gasteiger partial charge is 0.155 e. The van der Waals surface area contributed by atoms with E-state index in [2.05, 4.69) is 36.4 Å². The summed E-state index contributed by atoms with van der Waals surface area (Å²) in [5.41, 5.74) is 3.11. The number of ketones is 1. The standard InChI is InChI=1S/C25H24O2/c1-20(21(2)26)18-19-27-25(22-12-6-3-7-13-22,23-14-8-4-9-15-23)24-16-10-5-11-17-24/h3-18H,19H2,1-2H3/b20-18+. The molecule has 0 unspecified atom stereocenters. The van der Waals surface area contributed by atoms with Crippen LogP contribution >= 0.6 is 0 Å². The van der Waals surface area contributed by atoms with Crippen LogP contribution < -0.4 is 0 Å². The van der Waals surface area contributed by atoms with Gasteiger partial charge in [0.25, 0.3) is 0 Å². The average Bonchev–Trinajstić information content (AvgIpc) is 2.73. The summed E-state index contributed by atoms with van der Waals surface area (Å²) in [7, 11) is 0. The number of carbonyl (C=O) groups excluding carboxylic acids is 1. The van der Waals surface area contributed by atoms with Crippen molar-refractivity contribution in [3.63, 3.8) is 0 Å². The van der Waals surface area contributed by atoms with Crippen molar-refractivity contribution in [1.29, 1.82) is 0 Å². The maximum atomic E-state index is 11.6. The lowest BCUT2D eigenvalue weighted by Crippen LogP contribution is -2.33. The molecule has 3 aromatic rings. The maximum absolute atomic E-state index is 11.6. The van der Waals surface area contributed by atoms with E-state index in [1.165, 1.54) is 0 Å². The Balaban J connectivity index is 2.17. The van der Waals surface area contributed by atoms with Gasteiger partial charge in [0.15, 0.2) is 5.78 Å². The van der Waals surface area contributed by atoms with Crippen LogP contribution in [-0.4, -0.2) is 12.4 Å². The van der Waals surface area contributed by atoms with Crippen molar-refractivity contribution in [2.75, 3.05) is 6.61 Å². The zero-order chi connectivity index (χ0) is 19.1. The van der Waals surface area contributed by atoms with Gasteiger partial charge in [0.2, 0.25) is 0 Å². The Morgan fingerprint density at radius 1 is 0.741 bits per heavy atom. The first kappa shape index (κ1) is 18.8. The molecule has 0 saturated carbocycles. The van der Waals surface area contributed by atoms with Crippen molar-refractivity contribution in [2.45, 2.75) is 19.4 Å². The minimum Gasteiger partial charge on any atom is -0.357 e. The lowest BCUT2D eigenvalue weighted by molar-refractivity contribution is -0.113. The van der Waals surface area contributed by atoms with Crippen molar-refractivity contribution in [3.8, 4) is 0 Å². The van der Waals surface area contributed by atoms with Gasteiger partial charge in [-0.05, 0) is 36.1 Å². The quantitative estimate of drug-likeness (QED) is 0.411. The highest BCUT2D eigenvalue weighted by Gasteiger charge is 2.37. The molecule has 0 atom stereocenters. The number of rotatable bonds is 7. The molecule has 0 N–H and O–H groups in total. The van der Waals surface area contributed by atoms with E-state index in [9.17, 15) is 4.79 Å². The van der Waals surface area contributed by atoms with Crippen LogP contribution in [0.5, 0.6) is 0 Å². The SMILES string of the molecule is CC(=O)/C(C)=C/COC(c1ccccc1)(c1ccccc1)c1ccccc1. The van der Waals surface area contributed by atoms with Crippen molar-refractivity contribution in [3.05, 3.63) is 119 Å². The number of Topliss-reactive ketones (excluding diaryl/α,β-unsaturated/α-hetero) is 1. The molecule has 136 valence electrons. The number of carbonyl (C=O) groups is 1. The molecule has 0 heterocycles. The highest BCUT2D eigenvalue weighted by atomic mass is 16.5. The third-order valence-electron chi connectivity index (χ3n) is 4.79. The predicted molar refractivity (Wildman–Crippen MR) is 110 cm³/mol. The first-order valence-electron chi connectivity index (χ1n) is 9.13. The molecule has 0 bridgehead atoms. The molecule has 0 aliphatic carbocycles. The summed E-state index contributed by atoms with van der Waals surface area (Å²) < 4.78 is 6.58. The van der Waals surface area contributed by atoms with Crippen LogP contribution in [0.15, 0.2) is 103 Å². The molecule has 27 heavy (non-hydrogen) atoms. The molecule has 3 aromatic carbocycles. The molecular formula is C25H24O2. The number of ether oxygens (including phenoxy) is 1. The van der Waals surface area contributed by atoms with Crippen molar-refractivity contribution in [1.82, 2.24) is 0 Å². The average molecular weight is 356 g/mol. The molecule has 0 spiro atoms. The summed E-state index contributed by atoms with van der Waals surface area (Å²) in [6, 6.07) is 30.7. The Kier molecular flexibility index (Phi) is 6.00. The maximum Gasteiger partial charge on any atom is 0.155 e. The number of hydrogen-bond acceptors (Lipinski definition) is 2. The third-order valence-corrected chi connectivity index (χ3v) is 4.79. The van der Waals surface area contributed by atoms with Crippen LogP contribution in [0.25, 0.3) is 0 Å². The molecule has 0 fully saturated rings. The van der Waals surface area contributed by atoms with Crippen molar-refractivity contribution in [2.24, 2.45) is 0 Å². The summed E-state index contributed by atoms with van der Waals surface area (Å²) in [5.74, 6) is 0.0586. The molecule has 0 aromatic heterocycles. The molecule has 2 heteroatoms. The summed E-state index contributed by atoms with van der Waals surface area (Å²) in [6.45, 7) is 3.73. The van der Waals surface area contributed by atoms with Crippen LogP contribution in [0.2, 0.25) is 0 Å². The Morgan fingerprint density at radius 2 is 1.11 bits per heavy atom. The Labute approximate surface area is 161 Å².